The van der Waals surface area contributed by atoms with Gasteiger partial charge >= 0.3 is 17.7 Å². The summed E-state index contributed by atoms with van der Waals surface area (Å²) in [5, 5.41) is 12.6. The summed E-state index contributed by atoms with van der Waals surface area (Å²) in [5.41, 5.74) is -0.344. The fourth-order valence-corrected chi connectivity index (χ4v) is 3.97. The van der Waals surface area contributed by atoms with Crippen LogP contribution in [0, 0.1) is 10.1 Å². The van der Waals surface area contributed by atoms with Crippen LogP contribution in [0.5, 0.6) is 0 Å². The molecule has 0 spiro atoms. The van der Waals surface area contributed by atoms with Crippen molar-refractivity contribution in [3.63, 3.8) is 0 Å². The topological polar surface area (TPSA) is 115 Å². The van der Waals surface area contributed by atoms with Gasteiger partial charge in [-0.2, -0.15) is 0 Å². The molecule has 0 saturated carbocycles. The number of methoxy groups -OCH3 is 1. The lowest BCUT2D eigenvalue weighted by Gasteiger charge is -2.41. The van der Waals surface area contributed by atoms with Gasteiger partial charge in [-0.25, -0.2) is 14.6 Å². The number of carbonyl (C=O) groups excluding carboxylic acids is 2. The van der Waals surface area contributed by atoms with E-state index in [4.69, 9.17) is 21.1 Å². The summed E-state index contributed by atoms with van der Waals surface area (Å²) >= 11 is 9.59. The molecule has 1 saturated heterocycles. The van der Waals surface area contributed by atoms with Gasteiger partial charge in [0.1, 0.15) is 23.5 Å². The number of ether oxygens (including phenoxy) is 2. The molecule has 0 aliphatic carbocycles. The fourth-order valence-electron chi connectivity index (χ4n) is 3.48. The molecule has 1 unspecified atom stereocenters. The maximum absolute atomic E-state index is 12.7. The molecule has 2 heterocycles. The first-order valence-electron chi connectivity index (χ1n) is 9.67. The Hall–Kier alpha value is -2.66. The summed E-state index contributed by atoms with van der Waals surface area (Å²) in [4.78, 5) is 43.7. The second-order valence-corrected chi connectivity index (χ2v) is 9.45. The Kier molecular flexibility index (Phi) is 6.80. The molecule has 1 fully saturated rings. The van der Waals surface area contributed by atoms with Gasteiger partial charge in [-0.15, -0.1) is 0 Å². The highest BCUT2D eigenvalue weighted by molar-refractivity contribution is 9.10. The maximum Gasteiger partial charge on any atom is 0.410 e. The Morgan fingerprint density at radius 2 is 2.00 bits per heavy atom. The number of anilines is 1. The minimum atomic E-state index is -0.993. The van der Waals surface area contributed by atoms with Gasteiger partial charge in [-0.05, 0) is 48.8 Å². The lowest BCUT2D eigenvalue weighted by molar-refractivity contribution is -0.384. The number of nitrogens with zero attached hydrogens (tertiary/aromatic N) is 4. The zero-order valence-corrected chi connectivity index (χ0v) is 20.3. The maximum atomic E-state index is 12.7. The molecule has 3 rings (SSSR count). The summed E-state index contributed by atoms with van der Waals surface area (Å²) in [6.07, 6.45) is 0.569. The van der Waals surface area contributed by atoms with Crippen LogP contribution in [0.3, 0.4) is 0 Å². The number of nitro groups is 1. The van der Waals surface area contributed by atoms with E-state index in [1.807, 2.05) is 0 Å². The summed E-state index contributed by atoms with van der Waals surface area (Å²) in [5.74, 6) is -0.638. The molecule has 1 aromatic heterocycles. The lowest BCUT2D eigenvalue weighted by Crippen LogP contribution is -2.59. The molecule has 1 atom stereocenters. The number of fused-ring (bicyclic) bond motifs is 1. The van der Waals surface area contributed by atoms with Gasteiger partial charge in [-0.1, -0.05) is 11.6 Å². The van der Waals surface area contributed by atoms with Gasteiger partial charge in [0, 0.05) is 22.9 Å². The van der Waals surface area contributed by atoms with Crippen LogP contribution in [0.25, 0.3) is 10.9 Å². The molecule has 1 aliphatic rings. The van der Waals surface area contributed by atoms with Gasteiger partial charge in [0.05, 0.1) is 29.1 Å². The van der Waals surface area contributed by atoms with Crippen molar-refractivity contribution in [2.75, 3.05) is 31.6 Å². The summed E-state index contributed by atoms with van der Waals surface area (Å²) in [6.45, 7) is 5.49. The molecule has 0 bridgehead atoms. The Morgan fingerprint density at radius 3 is 2.59 bits per heavy atom. The quantitative estimate of drug-likeness (QED) is 0.331. The van der Waals surface area contributed by atoms with Gasteiger partial charge < -0.3 is 19.3 Å². The molecule has 32 heavy (non-hydrogen) atoms. The smallest absolute Gasteiger partial charge is 0.410 e. The van der Waals surface area contributed by atoms with Crippen LogP contribution in [0.1, 0.15) is 20.8 Å². The van der Waals surface area contributed by atoms with Crippen molar-refractivity contribution in [3.8, 4) is 0 Å². The highest BCUT2D eigenvalue weighted by Crippen LogP contribution is 2.40. The number of amides is 1. The third kappa shape index (κ3) is 4.88. The molecule has 1 aliphatic heterocycles. The Balaban J connectivity index is 2.10. The molecule has 1 amide bonds. The normalized spacial score (nSPS) is 16.8. The average molecular weight is 530 g/mol. The van der Waals surface area contributed by atoms with Gasteiger partial charge in [0.25, 0.3) is 0 Å². The van der Waals surface area contributed by atoms with E-state index in [1.54, 1.807) is 37.8 Å². The van der Waals surface area contributed by atoms with Crippen molar-refractivity contribution in [3.05, 3.63) is 37.9 Å². The predicted octanol–water partition coefficient (Wildman–Crippen LogP) is 4.16. The van der Waals surface area contributed by atoms with Crippen LogP contribution in [0.4, 0.5) is 16.2 Å². The third-order valence-electron chi connectivity index (χ3n) is 4.85. The van der Waals surface area contributed by atoms with E-state index in [0.29, 0.717) is 20.4 Å². The lowest BCUT2D eigenvalue weighted by atomic mass is 10.1. The fraction of sp³-hybridized carbons (Fsp3) is 0.450. The molecule has 10 nitrogen and oxygen atoms in total. The Labute approximate surface area is 197 Å². The van der Waals surface area contributed by atoms with Crippen molar-refractivity contribution in [2.45, 2.75) is 32.4 Å². The number of piperazine rings is 1. The van der Waals surface area contributed by atoms with Crippen molar-refractivity contribution < 1.29 is 24.0 Å². The van der Waals surface area contributed by atoms with Crippen molar-refractivity contribution in [1.29, 1.82) is 0 Å². The average Bonchev–Trinajstić information content (AvgIpc) is 2.71. The number of halogens is 2. The predicted molar refractivity (Wildman–Crippen MR) is 122 cm³/mol. The van der Waals surface area contributed by atoms with Crippen LogP contribution in [0.15, 0.2) is 22.8 Å². The Bertz CT molecular complexity index is 1090. The summed E-state index contributed by atoms with van der Waals surface area (Å²) in [7, 11) is 1.22. The van der Waals surface area contributed by atoms with E-state index in [-0.39, 0.29) is 31.0 Å². The largest absolute Gasteiger partial charge is 0.467 e. The Morgan fingerprint density at radius 1 is 1.31 bits per heavy atom. The SMILES string of the molecule is COC(=O)C1CN(C(=O)OC(C)(C)C)CCN1c1c([N+](=O)[O-])cnc2cc(Br)c(Cl)cc12. The highest BCUT2D eigenvalue weighted by Gasteiger charge is 2.40. The third-order valence-corrected chi connectivity index (χ3v) is 6.05. The van der Waals surface area contributed by atoms with E-state index in [2.05, 4.69) is 20.9 Å². The van der Waals surface area contributed by atoms with E-state index in [0.717, 1.165) is 6.20 Å². The van der Waals surface area contributed by atoms with Gasteiger partial charge in [0.2, 0.25) is 0 Å². The molecular formula is C20H22BrClN4O6. The number of benzene rings is 1. The van der Waals surface area contributed by atoms with Crippen LogP contribution in [-0.2, 0) is 14.3 Å². The molecule has 0 N–H and O–H groups in total. The highest BCUT2D eigenvalue weighted by atomic mass is 79.9. The minimum Gasteiger partial charge on any atom is -0.467 e. The number of aromatic nitrogens is 1. The first-order chi connectivity index (χ1) is 14.9. The van der Waals surface area contributed by atoms with E-state index in [1.165, 1.54) is 12.0 Å². The minimum absolute atomic E-state index is 0.0627. The van der Waals surface area contributed by atoms with Gasteiger partial charge in [0.15, 0.2) is 0 Å². The number of pyridine rings is 1. The second-order valence-electron chi connectivity index (χ2n) is 8.19. The van der Waals surface area contributed by atoms with Crippen molar-refractivity contribution >= 4 is 61.9 Å². The van der Waals surface area contributed by atoms with Gasteiger partial charge in [-0.3, -0.25) is 10.1 Å². The summed E-state index contributed by atoms with van der Waals surface area (Å²) in [6, 6.07) is 2.22. The first kappa shape index (κ1) is 24.0. The molecular weight excluding hydrogens is 508 g/mol. The van der Waals surface area contributed by atoms with E-state index >= 15 is 0 Å². The molecule has 172 valence electrons. The second kappa shape index (κ2) is 9.07. The monoisotopic (exact) mass is 528 g/mol. The standard InChI is InChI=1S/C20H22BrClN4O6/c1-20(2,3)32-19(28)24-5-6-25(16(10-24)18(27)31-4)17-11-7-13(22)12(21)8-14(11)23-9-15(17)26(29)30/h7-9,16H,5-6,10H2,1-4H3. The number of hydrogen-bond donors (Lipinski definition) is 0. The molecule has 1 aromatic carbocycles. The number of carbonyl (C=O) groups is 2. The number of esters is 1. The molecule has 2 aromatic rings. The number of hydrogen-bond acceptors (Lipinski definition) is 8. The molecule has 0 radical (unpaired) electrons. The summed E-state index contributed by atoms with van der Waals surface area (Å²) < 4.78 is 10.9. The first-order valence-corrected chi connectivity index (χ1v) is 10.8. The van der Waals surface area contributed by atoms with Crippen LogP contribution in [0.2, 0.25) is 5.02 Å². The number of rotatable bonds is 3. The van der Waals surface area contributed by atoms with Crippen LogP contribution in [-0.4, -0.2) is 65.3 Å². The zero-order chi connectivity index (χ0) is 23.8. The molecule has 12 heteroatoms. The zero-order valence-electron chi connectivity index (χ0n) is 17.9. The van der Waals surface area contributed by atoms with Crippen molar-refractivity contribution in [1.82, 2.24) is 9.88 Å². The van der Waals surface area contributed by atoms with E-state index in [9.17, 15) is 19.7 Å². The van der Waals surface area contributed by atoms with Crippen LogP contribution >= 0.6 is 27.5 Å². The van der Waals surface area contributed by atoms with E-state index < -0.39 is 28.6 Å². The van der Waals surface area contributed by atoms with Crippen LogP contribution < -0.4 is 4.90 Å². The van der Waals surface area contributed by atoms with Crippen molar-refractivity contribution in [2.24, 2.45) is 0 Å².